The van der Waals surface area contributed by atoms with E-state index in [1.807, 2.05) is 13.8 Å². The number of hydrogen-bond acceptors (Lipinski definition) is 3. The van der Waals surface area contributed by atoms with Crippen molar-refractivity contribution in [3.8, 4) is 0 Å². The molecular weight excluding hydrogens is 282 g/mol. The Labute approximate surface area is 133 Å². The van der Waals surface area contributed by atoms with Gasteiger partial charge in [-0.1, -0.05) is 39.3 Å². The van der Waals surface area contributed by atoms with Gasteiger partial charge in [0.05, 0.1) is 6.54 Å². The lowest BCUT2D eigenvalue weighted by Gasteiger charge is -2.27. The molecule has 2 unspecified atom stereocenters. The van der Waals surface area contributed by atoms with Crippen LogP contribution in [0, 0.1) is 0 Å². The summed E-state index contributed by atoms with van der Waals surface area (Å²) in [4.78, 5) is 29.3. The van der Waals surface area contributed by atoms with Gasteiger partial charge < -0.3 is 4.74 Å². The maximum absolute atomic E-state index is 12.5. The summed E-state index contributed by atoms with van der Waals surface area (Å²) in [5.41, 5.74) is 0. The van der Waals surface area contributed by atoms with Gasteiger partial charge in [0.15, 0.2) is 12.5 Å². The monoisotopic (exact) mass is 309 g/mol. The van der Waals surface area contributed by atoms with E-state index in [9.17, 15) is 9.59 Å². The van der Waals surface area contributed by atoms with Crippen LogP contribution in [-0.2, 0) is 4.74 Å². The number of nitrogens with zero attached hydrogens (tertiary/aromatic N) is 3. The Bertz CT molecular complexity index is 425. The highest BCUT2D eigenvalue weighted by Crippen LogP contribution is 2.34. The van der Waals surface area contributed by atoms with E-state index in [4.69, 9.17) is 4.74 Å². The highest BCUT2D eigenvalue weighted by molar-refractivity contribution is 5.95. The zero-order valence-corrected chi connectivity index (χ0v) is 13.8. The molecule has 2 aliphatic rings. The fourth-order valence-electron chi connectivity index (χ4n) is 2.32. The van der Waals surface area contributed by atoms with Gasteiger partial charge in [-0.15, -0.1) is 13.2 Å². The fraction of sp³-hybridized carbons (Fsp3) is 0.625. The van der Waals surface area contributed by atoms with Crippen LogP contribution in [0.1, 0.15) is 33.6 Å². The first-order valence-electron chi connectivity index (χ1n) is 7.91. The van der Waals surface area contributed by atoms with E-state index in [2.05, 4.69) is 20.1 Å². The van der Waals surface area contributed by atoms with Crippen molar-refractivity contribution in [2.45, 2.75) is 46.1 Å². The Morgan fingerprint density at radius 1 is 1.05 bits per heavy atom. The number of urea groups is 2. The molecule has 2 heterocycles. The van der Waals surface area contributed by atoms with Crippen molar-refractivity contribution in [1.29, 1.82) is 0 Å². The summed E-state index contributed by atoms with van der Waals surface area (Å²) in [5, 5.41) is 0. The molecule has 0 aromatic heterocycles. The van der Waals surface area contributed by atoms with Crippen LogP contribution in [0.25, 0.3) is 0 Å². The zero-order valence-electron chi connectivity index (χ0n) is 13.8. The highest BCUT2D eigenvalue weighted by atomic mass is 16.6. The SMILES string of the molecule is C=CCN1C(=O)N(CC=C)C2OC2N(CCCC)C1=O.CC. The van der Waals surface area contributed by atoms with Crippen LogP contribution < -0.4 is 0 Å². The number of ether oxygens (including phenoxy) is 1. The molecule has 0 aromatic carbocycles. The van der Waals surface area contributed by atoms with Gasteiger partial charge in [-0.25, -0.2) is 14.5 Å². The molecule has 22 heavy (non-hydrogen) atoms. The largest absolute Gasteiger partial charge is 0.330 e. The van der Waals surface area contributed by atoms with E-state index in [1.54, 1.807) is 17.1 Å². The number of unbranched alkanes of at least 4 members (excludes halogenated alkanes) is 1. The van der Waals surface area contributed by atoms with Crippen molar-refractivity contribution < 1.29 is 14.3 Å². The van der Waals surface area contributed by atoms with Gasteiger partial charge in [0.2, 0.25) is 0 Å². The van der Waals surface area contributed by atoms with Gasteiger partial charge in [0.1, 0.15) is 0 Å². The van der Waals surface area contributed by atoms with E-state index in [1.165, 1.54) is 9.80 Å². The van der Waals surface area contributed by atoms with Crippen molar-refractivity contribution in [2.75, 3.05) is 19.6 Å². The van der Waals surface area contributed by atoms with Gasteiger partial charge in [-0.3, -0.25) is 9.80 Å². The van der Waals surface area contributed by atoms with E-state index in [0.717, 1.165) is 12.8 Å². The third-order valence-electron chi connectivity index (χ3n) is 3.40. The van der Waals surface area contributed by atoms with E-state index < -0.39 is 0 Å². The van der Waals surface area contributed by atoms with Crippen molar-refractivity contribution in [3.05, 3.63) is 25.3 Å². The number of hydrogen-bond donors (Lipinski definition) is 0. The van der Waals surface area contributed by atoms with Crippen molar-refractivity contribution >= 4 is 12.1 Å². The number of fused-ring (bicyclic) bond motifs is 1. The minimum absolute atomic E-state index is 0.202. The summed E-state index contributed by atoms with van der Waals surface area (Å²) in [5.74, 6) is 0. The molecule has 6 heteroatoms. The first-order valence-corrected chi connectivity index (χ1v) is 7.91. The van der Waals surface area contributed by atoms with Crippen LogP contribution in [0.15, 0.2) is 25.3 Å². The summed E-state index contributed by atoms with van der Waals surface area (Å²) in [6.45, 7) is 14.5. The van der Waals surface area contributed by atoms with Gasteiger partial charge in [-0.2, -0.15) is 0 Å². The number of carbonyl (C=O) groups is 2. The van der Waals surface area contributed by atoms with Crippen LogP contribution in [0.3, 0.4) is 0 Å². The summed E-state index contributed by atoms with van der Waals surface area (Å²) in [7, 11) is 0. The molecule has 2 atom stereocenters. The van der Waals surface area contributed by atoms with Crippen molar-refractivity contribution in [1.82, 2.24) is 14.7 Å². The molecule has 0 bridgehead atoms. The van der Waals surface area contributed by atoms with Crippen LogP contribution in [0.5, 0.6) is 0 Å². The Morgan fingerprint density at radius 2 is 1.59 bits per heavy atom. The molecule has 0 aliphatic carbocycles. The lowest BCUT2D eigenvalue weighted by Crippen LogP contribution is -2.49. The van der Waals surface area contributed by atoms with Gasteiger partial charge >= 0.3 is 12.1 Å². The third kappa shape index (κ3) is 3.68. The van der Waals surface area contributed by atoms with Crippen LogP contribution >= 0.6 is 0 Å². The molecule has 2 aliphatic heterocycles. The topological polar surface area (TPSA) is 56.4 Å². The predicted molar refractivity (Wildman–Crippen MR) is 86.2 cm³/mol. The molecule has 0 saturated carbocycles. The van der Waals surface area contributed by atoms with Crippen LogP contribution in [0.2, 0.25) is 0 Å². The fourth-order valence-corrected chi connectivity index (χ4v) is 2.32. The molecule has 0 spiro atoms. The lowest BCUT2D eigenvalue weighted by molar-refractivity contribution is 0.112. The van der Waals surface area contributed by atoms with Gasteiger partial charge in [-0.05, 0) is 6.42 Å². The Hall–Kier alpha value is -1.82. The molecule has 2 rings (SSSR count). The van der Waals surface area contributed by atoms with Crippen molar-refractivity contribution in [3.63, 3.8) is 0 Å². The predicted octanol–water partition coefficient (Wildman–Crippen LogP) is 3.03. The first-order chi connectivity index (χ1) is 10.7. The average molecular weight is 309 g/mol. The Balaban J connectivity index is 0.00000116. The van der Waals surface area contributed by atoms with E-state index >= 15 is 0 Å². The molecule has 0 aromatic rings. The quantitative estimate of drug-likeness (QED) is 0.536. The summed E-state index contributed by atoms with van der Waals surface area (Å²) < 4.78 is 5.51. The van der Waals surface area contributed by atoms with E-state index in [-0.39, 0.29) is 31.1 Å². The second-order valence-electron chi connectivity index (χ2n) is 4.87. The number of carbonyl (C=O) groups excluding carboxylic acids is 2. The molecule has 4 amide bonds. The molecule has 6 nitrogen and oxygen atoms in total. The third-order valence-corrected chi connectivity index (χ3v) is 3.40. The second-order valence-corrected chi connectivity index (χ2v) is 4.87. The molecule has 2 fully saturated rings. The molecule has 0 radical (unpaired) electrons. The number of rotatable bonds is 7. The standard InChI is InChI=1S/C14H21N3O3.C2H6/c1-4-7-10-16-12-11(20-12)15(8-5-2)13(18)17(9-6-3)14(16)19;1-2/h5-6,11-12H,2-4,7-10H2,1H3;1-2H3. The van der Waals surface area contributed by atoms with E-state index in [0.29, 0.717) is 13.1 Å². The normalized spacial score (nSPS) is 23.3. The highest BCUT2D eigenvalue weighted by Gasteiger charge is 2.55. The number of amides is 4. The van der Waals surface area contributed by atoms with Crippen LogP contribution in [0.4, 0.5) is 9.59 Å². The molecular formula is C16H27N3O3. The maximum atomic E-state index is 12.5. The Morgan fingerprint density at radius 3 is 2.14 bits per heavy atom. The summed E-state index contributed by atoms with van der Waals surface area (Å²) in [6.07, 6.45) is 4.37. The first kappa shape index (κ1) is 18.2. The van der Waals surface area contributed by atoms with Gasteiger partial charge in [0, 0.05) is 13.1 Å². The van der Waals surface area contributed by atoms with Gasteiger partial charge in [0.25, 0.3) is 0 Å². The number of epoxide rings is 1. The molecule has 0 N–H and O–H groups in total. The Kier molecular flexibility index (Phi) is 7.11. The molecule has 124 valence electrons. The molecule has 2 saturated heterocycles. The minimum Gasteiger partial charge on any atom is -0.325 e. The minimum atomic E-state index is -0.351. The maximum Gasteiger partial charge on any atom is 0.330 e. The lowest BCUT2D eigenvalue weighted by atomic mass is 10.3. The average Bonchev–Trinajstić information content (AvgIpc) is 3.31. The smallest absolute Gasteiger partial charge is 0.325 e. The van der Waals surface area contributed by atoms with Crippen LogP contribution in [-0.4, -0.2) is 58.9 Å². The number of imide groups is 1. The summed E-state index contributed by atoms with van der Waals surface area (Å²) >= 11 is 0. The van der Waals surface area contributed by atoms with Crippen molar-refractivity contribution in [2.24, 2.45) is 0 Å². The second kappa shape index (κ2) is 8.58. The summed E-state index contributed by atoms with van der Waals surface area (Å²) in [6, 6.07) is -0.649. The zero-order chi connectivity index (χ0) is 16.7.